The highest BCUT2D eigenvalue weighted by Gasteiger charge is 2.15. The van der Waals surface area contributed by atoms with Gasteiger partial charge in [0, 0.05) is 22.7 Å². The lowest BCUT2D eigenvalue weighted by atomic mass is 10.00. The van der Waals surface area contributed by atoms with E-state index in [0.29, 0.717) is 22.6 Å². The fourth-order valence-corrected chi connectivity index (χ4v) is 2.28. The third-order valence-electron chi connectivity index (χ3n) is 3.40. The van der Waals surface area contributed by atoms with E-state index >= 15 is 0 Å². The number of aromatic nitrogens is 1. The minimum absolute atomic E-state index is 0.140. The number of benzene rings is 2. The van der Waals surface area contributed by atoms with Crippen molar-refractivity contribution in [3.63, 3.8) is 0 Å². The number of hydrogen-bond acceptors (Lipinski definition) is 4. The molecule has 0 unspecified atom stereocenters. The summed E-state index contributed by atoms with van der Waals surface area (Å²) in [6.45, 7) is 0. The van der Waals surface area contributed by atoms with Crippen LogP contribution in [0.2, 0.25) is 0 Å². The van der Waals surface area contributed by atoms with E-state index in [0.717, 1.165) is 10.9 Å². The topological polar surface area (TPSA) is 65.2 Å². The van der Waals surface area contributed by atoms with Gasteiger partial charge in [-0.2, -0.15) is 0 Å². The van der Waals surface area contributed by atoms with E-state index in [9.17, 15) is 4.79 Å². The molecule has 1 heterocycles. The Labute approximate surface area is 122 Å². The molecule has 21 heavy (non-hydrogen) atoms. The van der Waals surface area contributed by atoms with Gasteiger partial charge < -0.3 is 10.5 Å². The molecule has 0 atom stereocenters. The number of fused-ring (bicyclic) bond motifs is 1. The van der Waals surface area contributed by atoms with Crippen LogP contribution in [-0.4, -0.2) is 17.9 Å². The van der Waals surface area contributed by atoms with Gasteiger partial charge in [-0.15, -0.1) is 0 Å². The van der Waals surface area contributed by atoms with E-state index in [2.05, 4.69) is 4.98 Å². The molecule has 0 bridgehead atoms. The Hall–Kier alpha value is -2.88. The van der Waals surface area contributed by atoms with Gasteiger partial charge in [0.2, 0.25) is 0 Å². The van der Waals surface area contributed by atoms with Gasteiger partial charge in [0.25, 0.3) is 0 Å². The highest BCUT2D eigenvalue weighted by atomic mass is 16.5. The minimum Gasteiger partial charge on any atom is -0.495 e. The molecular weight excluding hydrogens is 264 g/mol. The molecule has 0 aliphatic heterocycles. The normalized spacial score (nSPS) is 10.5. The molecule has 0 radical (unpaired) electrons. The number of carbonyl (C=O) groups excluding carboxylic acids is 1. The number of nitrogens with two attached hydrogens (primary N) is 1. The second-order valence-corrected chi connectivity index (χ2v) is 4.66. The van der Waals surface area contributed by atoms with Crippen LogP contribution in [0.15, 0.2) is 54.7 Å². The van der Waals surface area contributed by atoms with Crippen LogP contribution in [0.25, 0.3) is 10.9 Å². The number of ketones is 1. The Kier molecular flexibility index (Phi) is 3.28. The maximum atomic E-state index is 12.6. The number of pyridine rings is 1. The molecule has 1 aromatic heterocycles. The molecule has 0 saturated carbocycles. The number of para-hydroxylation sites is 1. The number of methoxy groups -OCH3 is 1. The van der Waals surface area contributed by atoms with Crippen LogP contribution >= 0.6 is 0 Å². The third kappa shape index (κ3) is 2.31. The quantitative estimate of drug-likeness (QED) is 0.590. The Morgan fingerprint density at radius 2 is 2.00 bits per heavy atom. The maximum Gasteiger partial charge on any atom is 0.195 e. The Morgan fingerprint density at radius 1 is 1.14 bits per heavy atom. The monoisotopic (exact) mass is 278 g/mol. The lowest BCUT2D eigenvalue weighted by Crippen LogP contribution is -2.06. The smallest absolute Gasteiger partial charge is 0.195 e. The predicted molar refractivity (Wildman–Crippen MR) is 82.6 cm³/mol. The molecule has 3 aromatic rings. The van der Waals surface area contributed by atoms with Crippen molar-refractivity contribution in [2.24, 2.45) is 0 Å². The third-order valence-corrected chi connectivity index (χ3v) is 3.40. The minimum atomic E-state index is -0.140. The van der Waals surface area contributed by atoms with E-state index in [1.807, 2.05) is 18.2 Å². The van der Waals surface area contributed by atoms with E-state index in [4.69, 9.17) is 10.5 Å². The highest BCUT2D eigenvalue weighted by molar-refractivity contribution is 6.13. The zero-order valence-electron chi connectivity index (χ0n) is 11.5. The Morgan fingerprint density at radius 3 is 2.81 bits per heavy atom. The summed E-state index contributed by atoms with van der Waals surface area (Å²) in [5.74, 6) is 0.360. The number of ether oxygens (including phenoxy) is 1. The summed E-state index contributed by atoms with van der Waals surface area (Å²) in [7, 11) is 1.53. The zero-order valence-corrected chi connectivity index (χ0v) is 11.5. The molecule has 0 spiro atoms. The Balaban J connectivity index is 2.08. The number of carbonyl (C=O) groups is 1. The van der Waals surface area contributed by atoms with Crippen LogP contribution < -0.4 is 10.5 Å². The standard InChI is InChI=1S/C17H14N2O2/c1-21-15-6-2-5-13(16(15)18)17(20)12-8-7-11-4-3-9-19-14(11)10-12/h2-10H,18H2,1H3. The molecule has 2 aromatic carbocycles. The van der Waals surface area contributed by atoms with Gasteiger partial charge in [0.15, 0.2) is 5.78 Å². The van der Waals surface area contributed by atoms with Gasteiger partial charge in [0.1, 0.15) is 5.75 Å². The van der Waals surface area contributed by atoms with Gasteiger partial charge in [-0.3, -0.25) is 9.78 Å². The van der Waals surface area contributed by atoms with Gasteiger partial charge in [-0.25, -0.2) is 0 Å². The number of nitrogens with zero attached hydrogens (tertiary/aromatic N) is 1. The Bertz CT molecular complexity index is 828. The summed E-state index contributed by atoms with van der Waals surface area (Å²) in [5, 5.41) is 0.993. The lowest BCUT2D eigenvalue weighted by molar-refractivity contribution is 0.103. The predicted octanol–water partition coefficient (Wildman–Crippen LogP) is 3.06. The first kappa shape index (κ1) is 13.1. The summed E-state index contributed by atoms with van der Waals surface area (Å²) >= 11 is 0. The first-order chi connectivity index (χ1) is 10.2. The lowest BCUT2D eigenvalue weighted by Gasteiger charge is -2.09. The van der Waals surface area contributed by atoms with Crippen LogP contribution in [0, 0.1) is 0 Å². The molecule has 0 aliphatic rings. The summed E-state index contributed by atoms with van der Waals surface area (Å²) in [4.78, 5) is 16.9. The number of nitrogen functional groups attached to an aromatic ring is 1. The summed E-state index contributed by atoms with van der Waals surface area (Å²) in [6.07, 6.45) is 1.70. The molecule has 4 nitrogen and oxygen atoms in total. The van der Waals surface area contributed by atoms with Crippen molar-refractivity contribution in [1.82, 2.24) is 4.98 Å². The maximum absolute atomic E-state index is 12.6. The van der Waals surface area contributed by atoms with Crippen LogP contribution in [0.5, 0.6) is 5.75 Å². The molecule has 0 fully saturated rings. The largest absolute Gasteiger partial charge is 0.495 e. The summed E-state index contributed by atoms with van der Waals surface area (Å²) in [5.41, 5.74) is 8.11. The summed E-state index contributed by atoms with van der Waals surface area (Å²) < 4.78 is 5.15. The fourth-order valence-electron chi connectivity index (χ4n) is 2.28. The molecular formula is C17H14N2O2. The zero-order chi connectivity index (χ0) is 14.8. The fraction of sp³-hybridized carbons (Fsp3) is 0.0588. The van der Waals surface area contributed by atoms with Gasteiger partial charge in [0.05, 0.1) is 18.3 Å². The van der Waals surface area contributed by atoms with Crippen LogP contribution in [-0.2, 0) is 0 Å². The molecule has 4 heteroatoms. The number of rotatable bonds is 3. The van der Waals surface area contributed by atoms with E-state index < -0.39 is 0 Å². The first-order valence-electron chi connectivity index (χ1n) is 6.52. The van der Waals surface area contributed by atoms with Crippen molar-refractivity contribution in [2.45, 2.75) is 0 Å². The van der Waals surface area contributed by atoms with E-state index in [1.54, 1.807) is 36.5 Å². The van der Waals surface area contributed by atoms with Crippen molar-refractivity contribution in [3.05, 3.63) is 65.9 Å². The average Bonchev–Trinajstić information content (AvgIpc) is 2.54. The molecule has 104 valence electrons. The second-order valence-electron chi connectivity index (χ2n) is 4.66. The molecule has 3 rings (SSSR count). The van der Waals surface area contributed by atoms with Crippen molar-refractivity contribution >= 4 is 22.4 Å². The molecule has 0 saturated heterocycles. The second kappa shape index (κ2) is 5.25. The molecule has 2 N–H and O–H groups in total. The number of hydrogen-bond donors (Lipinski definition) is 1. The van der Waals surface area contributed by atoms with E-state index in [-0.39, 0.29) is 5.78 Å². The molecule has 0 amide bonds. The van der Waals surface area contributed by atoms with Crippen molar-refractivity contribution in [3.8, 4) is 5.75 Å². The van der Waals surface area contributed by atoms with Crippen molar-refractivity contribution in [1.29, 1.82) is 0 Å². The van der Waals surface area contributed by atoms with E-state index in [1.165, 1.54) is 7.11 Å². The van der Waals surface area contributed by atoms with Crippen LogP contribution in [0.3, 0.4) is 0 Å². The van der Waals surface area contributed by atoms with Gasteiger partial charge in [-0.05, 0) is 24.3 Å². The van der Waals surface area contributed by atoms with Crippen LogP contribution in [0.4, 0.5) is 5.69 Å². The van der Waals surface area contributed by atoms with Gasteiger partial charge in [-0.1, -0.05) is 24.3 Å². The van der Waals surface area contributed by atoms with Crippen LogP contribution in [0.1, 0.15) is 15.9 Å². The average molecular weight is 278 g/mol. The molecule has 0 aliphatic carbocycles. The highest BCUT2D eigenvalue weighted by Crippen LogP contribution is 2.27. The first-order valence-corrected chi connectivity index (χ1v) is 6.52. The van der Waals surface area contributed by atoms with Crippen molar-refractivity contribution in [2.75, 3.05) is 12.8 Å². The summed E-state index contributed by atoms with van der Waals surface area (Å²) in [6, 6.07) is 14.4. The number of anilines is 1. The van der Waals surface area contributed by atoms with Gasteiger partial charge >= 0.3 is 0 Å². The van der Waals surface area contributed by atoms with Crippen molar-refractivity contribution < 1.29 is 9.53 Å². The SMILES string of the molecule is COc1cccc(C(=O)c2ccc3cccnc3c2)c1N.